The molecular formula is C16H19N7O. The Morgan fingerprint density at radius 1 is 1.25 bits per heavy atom. The van der Waals surface area contributed by atoms with Crippen molar-refractivity contribution in [2.45, 2.75) is 19.4 Å². The third-order valence-corrected chi connectivity index (χ3v) is 4.24. The minimum Gasteiger partial charge on any atom is -0.357 e. The van der Waals surface area contributed by atoms with Gasteiger partial charge in [-0.05, 0) is 18.9 Å². The van der Waals surface area contributed by atoms with Crippen LogP contribution in [0.3, 0.4) is 0 Å². The SMILES string of the molecule is Cn1cc(CNC(=O)c2cnn3ccc(N4CCCC4)nc23)cn1. The molecule has 24 heavy (non-hydrogen) atoms. The fraction of sp³-hybridized carbons (Fsp3) is 0.375. The van der Waals surface area contributed by atoms with Crippen LogP contribution in [-0.4, -0.2) is 43.4 Å². The lowest BCUT2D eigenvalue weighted by molar-refractivity contribution is 0.0952. The van der Waals surface area contributed by atoms with E-state index in [0.29, 0.717) is 17.8 Å². The molecule has 0 aliphatic carbocycles. The standard InChI is InChI=1S/C16H19N7O/c1-21-11-12(9-18-21)8-17-16(24)13-10-19-23-7-4-14(20-15(13)23)22-5-2-3-6-22/h4,7,9-11H,2-3,5-6,8H2,1H3,(H,17,24). The summed E-state index contributed by atoms with van der Waals surface area (Å²) in [7, 11) is 1.85. The zero-order valence-electron chi connectivity index (χ0n) is 13.5. The third-order valence-electron chi connectivity index (χ3n) is 4.24. The van der Waals surface area contributed by atoms with Crippen LogP contribution in [0.1, 0.15) is 28.8 Å². The number of carbonyl (C=O) groups excluding carboxylic acids is 1. The molecule has 0 aromatic carbocycles. The van der Waals surface area contributed by atoms with Gasteiger partial charge in [0, 0.05) is 44.6 Å². The lowest BCUT2D eigenvalue weighted by Crippen LogP contribution is -2.23. The van der Waals surface area contributed by atoms with E-state index in [1.54, 1.807) is 21.6 Å². The summed E-state index contributed by atoms with van der Waals surface area (Å²) >= 11 is 0. The number of amides is 1. The van der Waals surface area contributed by atoms with Gasteiger partial charge >= 0.3 is 0 Å². The molecule has 8 nitrogen and oxygen atoms in total. The second-order valence-corrected chi connectivity index (χ2v) is 6.01. The summed E-state index contributed by atoms with van der Waals surface area (Å²) in [6, 6.07) is 1.95. The zero-order valence-corrected chi connectivity index (χ0v) is 13.5. The van der Waals surface area contributed by atoms with Gasteiger partial charge in [-0.15, -0.1) is 0 Å². The number of aromatic nitrogens is 5. The Bertz CT molecular complexity index is 876. The first-order valence-electron chi connectivity index (χ1n) is 8.06. The molecule has 4 heterocycles. The van der Waals surface area contributed by atoms with E-state index < -0.39 is 0 Å². The highest BCUT2D eigenvalue weighted by Crippen LogP contribution is 2.19. The molecule has 4 rings (SSSR count). The van der Waals surface area contributed by atoms with Crippen LogP contribution >= 0.6 is 0 Å². The van der Waals surface area contributed by atoms with Crippen LogP contribution in [0.5, 0.6) is 0 Å². The van der Waals surface area contributed by atoms with Gasteiger partial charge in [-0.2, -0.15) is 10.2 Å². The molecule has 3 aromatic heterocycles. The van der Waals surface area contributed by atoms with Crippen molar-refractivity contribution in [1.29, 1.82) is 0 Å². The smallest absolute Gasteiger partial charge is 0.257 e. The molecule has 0 radical (unpaired) electrons. The van der Waals surface area contributed by atoms with Crippen molar-refractivity contribution < 1.29 is 4.79 Å². The van der Waals surface area contributed by atoms with Crippen molar-refractivity contribution in [3.05, 3.63) is 42.0 Å². The normalized spacial score (nSPS) is 14.5. The molecule has 1 amide bonds. The Morgan fingerprint density at radius 3 is 2.83 bits per heavy atom. The summed E-state index contributed by atoms with van der Waals surface area (Å²) in [5.74, 6) is 0.724. The van der Waals surface area contributed by atoms with Gasteiger partial charge in [0.2, 0.25) is 0 Å². The number of rotatable bonds is 4. The predicted octanol–water partition coefficient (Wildman–Crippen LogP) is 0.993. The van der Waals surface area contributed by atoms with Gasteiger partial charge in [0.25, 0.3) is 5.91 Å². The lowest BCUT2D eigenvalue weighted by Gasteiger charge is -2.16. The number of nitrogens with zero attached hydrogens (tertiary/aromatic N) is 6. The van der Waals surface area contributed by atoms with Crippen molar-refractivity contribution >= 4 is 17.4 Å². The van der Waals surface area contributed by atoms with Crippen LogP contribution in [0.15, 0.2) is 30.9 Å². The van der Waals surface area contributed by atoms with Crippen molar-refractivity contribution in [3.8, 4) is 0 Å². The predicted molar refractivity (Wildman–Crippen MR) is 88.8 cm³/mol. The Balaban J connectivity index is 1.56. The largest absolute Gasteiger partial charge is 0.357 e. The summed E-state index contributed by atoms with van der Waals surface area (Å²) in [4.78, 5) is 19.4. The van der Waals surface area contributed by atoms with Crippen molar-refractivity contribution in [2.75, 3.05) is 18.0 Å². The van der Waals surface area contributed by atoms with E-state index >= 15 is 0 Å². The van der Waals surface area contributed by atoms with Crippen molar-refractivity contribution in [1.82, 2.24) is 29.7 Å². The first-order valence-corrected chi connectivity index (χ1v) is 8.06. The summed E-state index contributed by atoms with van der Waals surface area (Å²) in [5.41, 5.74) is 2.02. The van der Waals surface area contributed by atoms with E-state index in [9.17, 15) is 4.79 Å². The molecule has 1 N–H and O–H groups in total. The highest BCUT2D eigenvalue weighted by Gasteiger charge is 2.18. The van der Waals surface area contributed by atoms with Crippen LogP contribution in [0.2, 0.25) is 0 Å². The number of hydrogen-bond donors (Lipinski definition) is 1. The summed E-state index contributed by atoms with van der Waals surface area (Å²) in [6.45, 7) is 2.45. The average Bonchev–Trinajstić information content (AvgIpc) is 3.32. The fourth-order valence-corrected chi connectivity index (χ4v) is 2.98. The van der Waals surface area contributed by atoms with Gasteiger partial charge in [0.1, 0.15) is 11.4 Å². The third kappa shape index (κ3) is 2.70. The molecule has 0 atom stereocenters. The Kier molecular flexibility index (Phi) is 3.64. The van der Waals surface area contributed by atoms with E-state index in [0.717, 1.165) is 24.5 Å². The molecular weight excluding hydrogens is 306 g/mol. The van der Waals surface area contributed by atoms with Gasteiger partial charge < -0.3 is 10.2 Å². The molecule has 124 valence electrons. The van der Waals surface area contributed by atoms with Crippen LogP contribution in [0.4, 0.5) is 5.82 Å². The minimum absolute atomic E-state index is 0.181. The Morgan fingerprint density at radius 2 is 2.08 bits per heavy atom. The molecule has 0 saturated carbocycles. The van der Waals surface area contributed by atoms with E-state index in [4.69, 9.17) is 0 Å². The van der Waals surface area contributed by atoms with E-state index in [2.05, 4.69) is 25.4 Å². The van der Waals surface area contributed by atoms with Crippen molar-refractivity contribution in [2.24, 2.45) is 7.05 Å². The average molecular weight is 325 g/mol. The first kappa shape index (κ1) is 14.7. The number of hydrogen-bond acceptors (Lipinski definition) is 5. The molecule has 1 aliphatic rings. The molecule has 0 spiro atoms. The van der Waals surface area contributed by atoms with Crippen LogP contribution < -0.4 is 10.2 Å². The quantitative estimate of drug-likeness (QED) is 0.774. The monoisotopic (exact) mass is 325 g/mol. The maximum Gasteiger partial charge on any atom is 0.257 e. The summed E-state index contributed by atoms with van der Waals surface area (Å²) in [5, 5.41) is 11.2. The van der Waals surface area contributed by atoms with E-state index in [1.807, 2.05) is 25.5 Å². The van der Waals surface area contributed by atoms with Crippen LogP contribution in [-0.2, 0) is 13.6 Å². The van der Waals surface area contributed by atoms with Gasteiger partial charge in [-0.25, -0.2) is 9.50 Å². The molecule has 0 unspecified atom stereocenters. The number of carbonyl (C=O) groups is 1. The van der Waals surface area contributed by atoms with E-state index in [1.165, 1.54) is 12.8 Å². The number of aryl methyl sites for hydroxylation is 1. The minimum atomic E-state index is -0.181. The molecule has 0 bridgehead atoms. The molecule has 3 aromatic rings. The van der Waals surface area contributed by atoms with Gasteiger partial charge in [-0.3, -0.25) is 9.48 Å². The highest BCUT2D eigenvalue weighted by atomic mass is 16.1. The first-order chi connectivity index (χ1) is 11.7. The fourth-order valence-electron chi connectivity index (χ4n) is 2.98. The molecule has 1 fully saturated rings. The topological polar surface area (TPSA) is 80.4 Å². The molecule has 8 heteroatoms. The Labute approximate surface area is 139 Å². The van der Waals surface area contributed by atoms with E-state index in [-0.39, 0.29) is 5.91 Å². The second-order valence-electron chi connectivity index (χ2n) is 6.01. The van der Waals surface area contributed by atoms with Gasteiger partial charge in [0.05, 0.1) is 12.4 Å². The van der Waals surface area contributed by atoms with Gasteiger partial charge in [0.15, 0.2) is 5.65 Å². The zero-order chi connectivity index (χ0) is 16.5. The highest BCUT2D eigenvalue weighted by molar-refractivity contribution is 5.99. The second kappa shape index (κ2) is 5.95. The number of nitrogens with one attached hydrogen (secondary N) is 1. The van der Waals surface area contributed by atoms with Crippen molar-refractivity contribution in [3.63, 3.8) is 0 Å². The molecule has 1 saturated heterocycles. The summed E-state index contributed by atoms with van der Waals surface area (Å²) in [6.07, 6.45) is 9.40. The maximum atomic E-state index is 12.5. The Hall–Kier alpha value is -2.90. The van der Waals surface area contributed by atoms with Crippen LogP contribution in [0, 0.1) is 0 Å². The maximum absolute atomic E-state index is 12.5. The lowest BCUT2D eigenvalue weighted by atomic mass is 10.3. The summed E-state index contributed by atoms with van der Waals surface area (Å²) < 4.78 is 3.35. The van der Waals surface area contributed by atoms with Gasteiger partial charge in [-0.1, -0.05) is 0 Å². The number of anilines is 1. The molecule has 1 aliphatic heterocycles. The number of fused-ring (bicyclic) bond motifs is 1. The van der Waals surface area contributed by atoms with Crippen LogP contribution in [0.25, 0.3) is 5.65 Å².